The Kier molecular flexibility index (Phi) is 9.74. The van der Waals surface area contributed by atoms with Gasteiger partial charge in [-0.05, 0) is 22.8 Å². The number of aryl methyl sites for hydroxylation is 1. The summed E-state index contributed by atoms with van der Waals surface area (Å²) in [7, 11) is 0. The molecule has 2 aromatic carbocycles. The number of hydrogen-bond donors (Lipinski definition) is 0. The topological polar surface area (TPSA) is 0 Å². The van der Waals surface area contributed by atoms with Crippen molar-refractivity contribution in [3.05, 3.63) is 67.1 Å². The predicted octanol–water partition coefficient (Wildman–Crippen LogP) is 4.16. The van der Waals surface area contributed by atoms with Crippen molar-refractivity contribution in [1.29, 1.82) is 0 Å². The molecule has 2 radical (unpaired) electrons. The number of allylic oxidation sites excluding steroid dienone is 1. The summed E-state index contributed by atoms with van der Waals surface area (Å²) in [6.45, 7) is 3.70. The summed E-state index contributed by atoms with van der Waals surface area (Å²) >= 11 is 0. The molecule has 2 heteroatoms. The van der Waals surface area contributed by atoms with E-state index < -0.39 is 0 Å². The Hall–Kier alpha value is 0.518. The minimum atomic E-state index is 0. The minimum Gasteiger partial charge on any atom is -0.245 e. The van der Waals surface area contributed by atoms with Crippen LogP contribution in [0.25, 0.3) is 10.8 Å². The van der Waals surface area contributed by atoms with Crippen molar-refractivity contribution in [3.63, 3.8) is 0 Å². The van der Waals surface area contributed by atoms with Crippen molar-refractivity contribution in [1.82, 2.24) is 0 Å². The Morgan fingerprint density at radius 1 is 1.00 bits per heavy atom. The van der Waals surface area contributed by atoms with E-state index in [-0.39, 0.29) is 65.4 Å². The SMILES string of the molecule is C=C[CH-]CCc1cccc2ccccc12.[Y].[Y]. The molecule has 2 rings (SSSR count). The van der Waals surface area contributed by atoms with Crippen molar-refractivity contribution < 1.29 is 65.4 Å². The fourth-order valence-corrected chi connectivity index (χ4v) is 1.87. The summed E-state index contributed by atoms with van der Waals surface area (Å²) in [6.07, 6.45) is 6.14. The fraction of sp³-hybridized carbons (Fsp3) is 0.133. The van der Waals surface area contributed by atoms with Gasteiger partial charge >= 0.3 is 0 Å². The molecule has 0 aliphatic rings. The first-order valence-electron chi connectivity index (χ1n) is 5.32. The molecule has 0 unspecified atom stereocenters. The molecular formula is C15H15Y2-. The van der Waals surface area contributed by atoms with Gasteiger partial charge in [0.2, 0.25) is 0 Å². The van der Waals surface area contributed by atoms with Gasteiger partial charge in [-0.25, -0.2) is 19.1 Å². The molecule has 0 aromatic heterocycles. The standard InChI is InChI=1S/C15H15.2Y/c1-2-3-4-8-13-10-7-11-14-9-5-6-12-15(13)14;;/h2-3,5-7,9-12H,1,4,8H2;;/q-1;;. The smallest absolute Gasteiger partial charge is 0 e. The molecule has 0 fully saturated rings. The van der Waals surface area contributed by atoms with E-state index in [2.05, 4.69) is 55.5 Å². The summed E-state index contributed by atoms with van der Waals surface area (Å²) in [5.74, 6) is 0. The van der Waals surface area contributed by atoms with Crippen LogP contribution in [0.5, 0.6) is 0 Å². The molecule has 2 aromatic rings. The number of fused-ring (bicyclic) bond motifs is 1. The van der Waals surface area contributed by atoms with E-state index >= 15 is 0 Å². The van der Waals surface area contributed by atoms with Crippen LogP contribution in [-0.2, 0) is 71.8 Å². The van der Waals surface area contributed by atoms with Crippen LogP contribution >= 0.6 is 0 Å². The third-order valence-electron chi connectivity index (χ3n) is 2.63. The van der Waals surface area contributed by atoms with Gasteiger partial charge in [0.05, 0.1) is 0 Å². The fourth-order valence-electron chi connectivity index (χ4n) is 1.87. The average molecular weight is 373 g/mol. The van der Waals surface area contributed by atoms with Crippen LogP contribution in [0.15, 0.2) is 55.1 Å². The van der Waals surface area contributed by atoms with Crippen molar-refractivity contribution in [3.8, 4) is 0 Å². The summed E-state index contributed by atoms with van der Waals surface area (Å²) in [4.78, 5) is 0. The summed E-state index contributed by atoms with van der Waals surface area (Å²) in [5, 5.41) is 2.70. The average Bonchev–Trinajstić information content (AvgIpc) is 2.30. The van der Waals surface area contributed by atoms with Gasteiger partial charge in [-0.15, -0.1) is 0 Å². The van der Waals surface area contributed by atoms with Crippen LogP contribution < -0.4 is 0 Å². The van der Waals surface area contributed by atoms with Crippen LogP contribution in [0.2, 0.25) is 0 Å². The molecule has 0 atom stereocenters. The Morgan fingerprint density at radius 2 is 1.71 bits per heavy atom. The normalized spacial score (nSPS) is 8.94. The number of unbranched alkanes of at least 4 members (excludes halogenated alkanes) is 1. The van der Waals surface area contributed by atoms with Crippen molar-refractivity contribution in [2.45, 2.75) is 12.8 Å². The molecule has 0 bridgehead atoms. The second-order valence-electron chi connectivity index (χ2n) is 3.65. The number of hydrogen-bond acceptors (Lipinski definition) is 0. The van der Waals surface area contributed by atoms with Crippen LogP contribution in [-0.4, -0.2) is 0 Å². The van der Waals surface area contributed by atoms with Gasteiger partial charge < -0.3 is 0 Å². The molecule has 0 spiro atoms. The van der Waals surface area contributed by atoms with Crippen LogP contribution in [0, 0.1) is 6.42 Å². The van der Waals surface area contributed by atoms with E-state index in [9.17, 15) is 0 Å². The van der Waals surface area contributed by atoms with Crippen LogP contribution in [0.1, 0.15) is 12.0 Å². The molecular weight excluding hydrogens is 358 g/mol. The maximum absolute atomic E-state index is 3.70. The van der Waals surface area contributed by atoms with Gasteiger partial charge in [0.1, 0.15) is 0 Å². The van der Waals surface area contributed by atoms with Gasteiger partial charge in [0.25, 0.3) is 0 Å². The molecule has 0 nitrogen and oxygen atoms in total. The van der Waals surface area contributed by atoms with Gasteiger partial charge in [0.15, 0.2) is 0 Å². The van der Waals surface area contributed by atoms with E-state index in [1.807, 2.05) is 6.08 Å². The molecule has 0 heterocycles. The molecule has 0 saturated carbocycles. The Labute approximate surface area is 154 Å². The largest absolute Gasteiger partial charge is 0.245 e. The van der Waals surface area contributed by atoms with Crippen molar-refractivity contribution in [2.75, 3.05) is 0 Å². The van der Waals surface area contributed by atoms with Crippen molar-refractivity contribution >= 4 is 10.8 Å². The molecule has 0 saturated heterocycles. The Bertz CT molecular complexity index is 458. The summed E-state index contributed by atoms with van der Waals surface area (Å²) in [6, 6.07) is 15.0. The molecule has 0 aliphatic heterocycles. The minimum absolute atomic E-state index is 0. The molecule has 82 valence electrons. The van der Waals surface area contributed by atoms with Gasteiger partial charge in [-0.2, -0.15) is 0 Å². The van der Waals surface area contributed by atoms with E-state index in [4.69, 9.17) is 0 Å². The van der Waals surface area contributed by atoms with Crippen LogP contribution in [0.3, 0.4) is 0 Å². The third kappa shape index (κ3) is 4.95. The van der Waals surface area contributed by atoms with E-state index in [1.54, 1.807) is 0 Å². The maximum atomic E-state index is 3.70. The van der Waals surface area contributed by atoms with Crippen LogP contribution in [0.4, 0.5) is 0 Å². The van der Waals surface area contributed by atoms with Gasteiger partial charge in [-0.3, -0.25) is 0 Å². The second-order valence-corrected chi connectivity index (χ2v) is 3.65. The van der Waals surface area contributed by atoms with Crippen molar-refractivity contribution in [2.24, 2.45) is 0 Å². The quantitative estimate of drug-likeness (QED) is 0.558. The summed E-state index contributed by atoms with van der Waals surface area (Å²) in [5.41, 5.74) is 1.42. The monoisotopic (exact) mass is 373 g/mol. The zero-order chi connectivity index (χ0) is 10.5. The first-order valence-corrected chi connectivity index (χ1v) is 5.32. The third-order valence-corrected chi connectivity index (χ3v) is 2.63. The van der Waals surface area contributed by atoms with Gasteiger partial charge in [-0.1, -0.05) is 48.9 Å². The second kappa shape index (κ2) is 9.45. The van der Waals surface area contributed by atoms with E-state index in [0.717, 1.165) is 12.8 Å². The molecule has 0 N–H and O–H groups in total. The first-order chi connectivity index (χ1) is 7.42. The zero-order valence-electron chi connectivity index (χ0n) is 9.97. The number of rotatable bonds is 4. The Morgan fingerprint density at radius 3 is 2.47 bits per heavy atom. The first kappa shape index (κ1) is 17.5. The molecule has 0 aliphatic carbocycles. The predicted molar refractivity (Wildman–Crippen MR) is 66.8 cm³/mol. The maximum Gasteiger partial charge on any atom is 0 e. The number of benzene rings is 2. The van der Waals surface area contributed by atoms with E-state index in [1.165, 1.54) is 16.3 Å². The summed E-state index contributed by atoms with van der Waals surface area (Å²) < 4.78 is 0. The molecule has 17 heavy (non-hydrogen) atoms. The Balaban J connectivity index is 0.00000128. The zero-order valence-corrected chi connectivity index (χ0v) is 15.6. The van der Waals surface area contributed by atoms with Gasteiger partial charge in [0, 0.05) is 65.4 Å². The van der Waals surface area contributed by atoms with E-state index in [0.29, 0.717) is 0 Å². The molecule has 0 amide bonds.